The monoisotopic (exact) mass is 364 g/mol. The quantitative estimate of drug-likeness (QED) is 0.278. The second-order valence-electron chi connectivity index (χ2n) is 6.57. The van der Waals surface area contributed by atoms with Gasteiger partial charge in [0.2, 0.25) is 0 Å². The van der Waals surface area contributed by atoms with Crippen molar-refractivity contribution >= 4 is 44.7 Å². The second-order valence-corrected chi connectivity index (χ2v) is 6.57. The first kappa shape index (κ1) is 16.2. The van der Waals surface area contributed by atoms with Gasteiger partial charge in [-0.3, -0.25) is 4.79 Å². The summed E-state index contributed by atoms with van der Waals surface area (Å²) in [6, 6.07) is 23.8. The highest BCUT2D eigenvalue weighted by Crippen LogP contribution is 2.27. The summed E-state index contributed by atoms with van der Waals surface area (Å²) in [5.74, 6) is -0.266. The summed E-state index contributed by atoms with van der Waals surface area (Å²) in [4.78, 5) is 19.6. The first-order chi connectivity index (χ1) is 13.8. The van der Waals surface area contributed by atoms with Gasteiger partial charge in [0.25, 0.3) is 5.91 Å². The van der Waals surface area contributed by atoms with Gasteiger partial charge in [0.15, 0.2) is 0 Å². The molecule has 0 saturated heterocycles. The highest BCUT2D eigenvalue weighted by atomic mass is 16.2. The third kappa shape index (κ3) is 2.79. The Balaban J connectivity index is 1.50. The maximum absolute atomic E-state index is 12.5. The molecule has 0 bridgehead atoms. The van der Waals surface area contributed by atoms with E-state index in [9.17, 15) is 4.79 Å². The maximum Gasteiger partial charge on any atom is 0.271 e. The molecular weight excluding hydrogens is 348 g/mol. The number of aromatic nitrogens is 2. The minimum atomic E-state index is -0.266. The first-order valence-corrected chi connectivity index (χ1v) is 8.97. The van der Waals surface area contributed by atoms with Crippen LogP contribution < -0.4 is 5.43 Å². The molecule has 5 aromatic rings. The van der Waals surface area contributed by atoms with E-state index in [0.29, 0.717) is 5.56 Å². The number of carbonyl (C=O) groups excluding carboxylic acids is 1. The second kappa shape index (κ2) is 6.63. The number of benzene rings is 4. The zero-order valence-corrected chi connectivity index (χ0v) is 14.9. The van der Waals surface area contributed by atoms with Crippen LogP contribution in [0.15, 0.2) is 84.2 Å². The third-order valence-corrected chi connectivity index (χ3v) is 4.86. The summed E-state index contributed by atoms with van der Waals surface area (Å²) in [6.45, 7) is 0. The minimum Gasteiger partial charge on any atom is -0.345 e. The molecule has 5 rings (SSSR count). The molecule has 0 radical (unpaired) electrons. The van der Waals surface area contributed by atoms with Crippen LogP contribution in [0.5, 0.6) is 0 Å². The number of hydrogen-bond donors (Lipinski definition) is 2. The van der Waals surface area contributed by atoms with E-state index in [1.165, 1.54) is 0 Å². The Bertz CT molecular complexity index is 1310. The topological polar surface area (TPSA) is 70.1 Å². The molecule has 5 heteroatoms. The largest absolute Gasteiger partial charge is 0.345 e. The number of fused-ring (bicyclic) bond motifs is 3. The number of amides is 1. The van der Waals surface area contributed by atoms with Crippen molar-refractivity contribution in [2.75, 3.05) is 0 Å². The molecule has 0 aliphatic carbocycles. The Labute approximate surface area is 160 Å². The van der Waals surface area contributed by atoms with Crippen LogP contribution in [-0.4, -0.2) is 22.1 Å². The highest BCUT2D eigenvalue weighted by Gasteiger charge is 2.08. The number of rotatable bonds is 3. The summed E-state index contributed by atoms with van der Waals surface area (Å²) in [7, 11) is 0. The zero-order valence-electron chi connectivity index (χ0n) is 14.9. The summed E-state index contributed by atoms with van der Waals surface area (Å²) in [5, 5.41) is 8.70. The standard InChI is InChI=1S/C23H16N4O/c28-23(17-9-10-21-22(12-17)25-14-24-21)27-26-13-20-18-7-3-1-5-15(18)11-16-6-2-4-8-19(16)20/h1-14H,(H,24,25)(H,27,28)/b26-13+. The molecule has 5 nitrogen and oxygen atoms in total. The van der Waals surface area contributed by atoms with Gasteiger partial charge in [-0.1, -0.05) is 48.5 Å². The lowest BCUT2D eigenvalue weighted by Gasteiger charge is -2.08. The number of H-pyrrole nitrogens is 1. The molecule has 0 fully saturated rings. The molecule has 1 amide bonds. The molecule has 1 aromatic heterocycles. The van der Waals surface area contributed by atoms with Crippen molar-refractivity contribution in [3.8, 4) is 0 Å². The molecule has 0 aliphatic heterocycles. The van der Waals surface area contributed by atoms with E-state index in [2.05, 4.69) is 50.8 Å². The van der Waals surface area contributed by atoms with E-state index in [1.807, 2.05) is 30.3 Å². The van der Waals surface area contributed by atoms with Gasteiger partial charge < -0.3 is 4.98 Å². The number of carbonyl (C=O) groups is 1. The highest BCUT2D eigenvalue weighted by molar-refractivity contribution is 6.13. The SMILES string of the molecule is O=C(N/N=C/c1c2ccccc2cc2ccccc12)c1ccc2nc[nH]c2c1. The average Bonchev–Trinajstić information content (AvgIpc) is 3.21. The summed E-state index contributed by atoms with van der Waals surface area (Å²) >= 11 is 0. The third-order valence-electron chi connectivity index (χ3n) is 4.86. The fraction of sp³-hybridized carbons (Fsp3) is 0. The van der Waals surface area contributed by atoms with Gasteiger partial charge >= 0.3 is 0 Å². The molecule has 2 N–H and O–H groups in total. The number of imidazole rings is 1. The van der Waals surface area contributed by atoms with Crippen LogP contribution >= 0.6 is 0 Å². The van der Waals surface area contributed by atoms with Crippen molar-refractivity contribution in [3.05, 3.63) is 90.3 Å². The molecule has 4 aromatic carbocycles. The molecule has 0 spiro atoms. The van der Waals surface area contributed by atoms with Crippen molar-refractivity contribution in [2.45, 2.75) is 0 Å². The van der Waals surface area contributed by atoms with E-state index >= 15 is 0 Å². The van der Waals surface area contributed by atoms with Crippen molar-refractivity contribution < 1.29 is 4.79 Å². The Kier molecular flexibility index (Phi) is 3.84. The van der Waals surface area contributed by atoms with Crippen LogP contribution in [0, 0.1) is 0 Å². The number of hydrogen-bond acceptors (Lipinski definition) is 3. The summed E-state index contributed by atoms with van der Waals surface area (Å²) in [5.41, 5.74) is 5.78. The van der Waals surface area contributed by atoms with Crippen molar-refractivity contribution in [1.29, 1.82) is 0 Å². The fourth-order valence-electron chi connectivity index (χ4n) is 3.48. The number of hydrazone groups is 1. The van der Waals surface area contributed by atoms with Gasteiger partial charge in [-0.2, -0.15) is 5.10 Å². The molecular formula is C23H16N4O. The summed E-state index contributed by atoms with van der Waals surface area (Å²) in [6.07, 6.45) is 3.33. The van der Waals surface area contributed by atoms with Crippen LogP contribution in [-0.2, 0) is 0 Å². The zero-order chi connectivity index (χ0) is 18.9. The van der Waals surface area contributed by atoms with E-state index in [0.717, 1.165) is 38.1 Å². The van der Waals surface area contributed by atoms with E-state index in [1.54, 1.807) is 24.7 Å². The van der Waals surface area contributed by atoms with E-state index < -0.39 is 0 Å². The van der Waals surface area contributed by atoms with Gasteiger partial charge in [0, 0.05) is 11.1 Å². The Morgan fingerprint density at radius 1 is 0.929 bits per heavy atom. The Morgan fingerprint density at radius 3 is 2.39 bits per heavy atom. The molecule has 0 unspecified atom stereocenters. The van der Waals surface area contributed by atoms with Crippen LogP contribution in [0.1, 0.15) is 15.9 Å². The molecule has 1 heterocycles. The van der Waals surface area contributed by atoms with Gasteiger partial charge in [0.05, 0.1) is 23.6 Å². The van der Waals surface area contributed by atoms with E-state index in [4.69, 9.17) is 0 Å². The predicted octanol–water partition coefficient (Wildman–Crippen LogP) is 4.63. The van der Waals surface area contributed by atoms with Gasteiger partial charge in [-0.25, -0.2) is 10.4 Å². The van der Waals surface area contributed by atoms with Crippen LogP contribution in [0.3, 0.4) is 0 Å². The van der Waals surface area contributed by atoms with Gasteiger partial charge in [0.1, 0.15) is 0 Å². The lowest BCUT2D eigenvalue weighted by molar-refractivity contribution is 0.0955. The van der Waals surface area contributed by atoms with Crippen molar-refractivity contribution in [1.82, 2.24) is 15.4 Å². The number of aromatic amines is 1. The summed E-state index contributed by atoms with van der Waals surface area (Å²) < 4.78 is 0. The van der Waals surface area contributed by atoms with E-state index in [-0.39, 0.29) is 5.91 Å². The molecule has 0 saturated carbocycles. The van der Waals surface area contributed by atoms with Crippen LogP contribution in [0.25, 0.3) is 32.6 Å². The number of nitrogens with one attached hydrogen (secondary N) is 2. The molecule has 28 heavy (non-hydrogen) atoms. The normalized spacial score (nSPS) is 11.6. The average molecular weight is 364 g/mol. The van der Waals surface area contributed by atoms with Crippen molar-refractivity contribution in [3.63, 3.8) is 0 Å². The Hall–Kier alpha value is -3.99. The number of nitrogens with zero attached hydrogens (tertiary/aromatic N) is 2. The van der Waals surface area contributed by atoms with Gasteiger partial charge in [-0.05, 0) is 45.8 Å². The first-order valence-electron chi connectivity index (χ1n) is 8.97. The lowest BCUT2D eigenvalue weighted by atomic mass is 9.97. The molecule has 0 aliphatic rings. The predicted molar refractivity (Wildman–Crippen MR) is 113 cm³/mol. The minimum absolute atomic E-state index is 0.266. The smallest absolute Gasteiger partial charge is 0.271 e. The lowest BCUT2D eigenvalue weighted by Crippen LogP contribution is -2.17. The fourth-order valence-corrected chi connectivity index (χ4v) is 3.48. The maximum atomic E-state index is 12.5. The molecule has 0 atom stereocenters. The molecule has 134 valence electrons. The van der Waals surface area contributed by atoms with Crippen LogP contribution in [0.4, 0.5) is 0 Å². The van der Waals surface area contributed by atoms with Crippen molar-refractivity contribution in [2.24, 2.45) is 5.10 Å². The van der Waals surface area contributed by atoms with Crippen LogP contribution in [0.2, 0.25) is 0 Å². The Morgan fingerprint density at radius 2 is 1.64 bits per heavy atom. The van der Waals surface area contributed by atoms with Gasteiger partial charge in [-0.15, -0.1) is 0 Å².